The predicted molar refractivity (Wildman–Crippen MR) is 78.9 cm³/mol. The molecule has 0 bridgehead atoms. The molecule has 1 aromatic carbocycles. The van der Waals surface area contributed by atoms with Gasteiger partial charge in [-0.3, -0.25) is 0 Å². The molecule has 0 spiro atoms. The van der Waals surface area contributed by atoms with E-state index >= 15 is 0 Å². The largest absolute Gasteiger partial charge is 0.467 e. The molecule has 1 atom stereocenters. The number of nitrogens with one attached hydrogen (secondary N) is 2. The van der Waals surface area contributed by atoms with Crippen molar-refractivity contribution in [2.24, 2.45) is 0 Å². The van der Waals surface area contributed by atoms with Crippen LogP contribution in [0.5, 0.6) is 0 Å². The lowest BCUT2D eigenvalue weighted by Gasteiger charge is -2.11. The van der Waals surface area contributed by atoms with Crippen LogP contribution in [0.15, 0.2) is 52.0 Å². The number of thioether (sulfide) groups is 1. The summed E-state index contributed by atoms with van der Waals surface area (Å²) in [4.78, 5) is 12.8. The smallest absolute Gasteiger partial charge is 0.319 e. The maximum Gasteiger partial charge on any atom is 0.319 e. The molecule has 20 heavy (non-hydrogen) atoms. The molecule has 0 aliphatic rings. The molecule has 2 aromatic rings. The normalized spacial score (nSPS) is 11.9. The van der Waals surface area contributed by atoms with Gasteiger partial charge in [0.25, 0.3) is 0 Å². The number of aliphatic hydroxyl groups excluding tert-OH is 1. The summed E-state index contributed by atoms with van der Waals surface area (Å²) in [7, 11) is 0. The highest BCUT2D eigenvalue weighted by atomic mass is 32.2. The quantitative estimate of drug-likeness (QED) is 0.741. The summed E-state index contributed by atoms with van der Waals surface area (Å²) >= 11 is 1.64. The second-order valence-electron chi connectivity index (χ2n) is 4.09. The van der Waals surface area contributed by atoms with Crippen molar-refractivity contribution in [1.82, 2.24) is 5.32 Å². The van der Waals surface area contributed by atoms with E-state index in [1.54, 1.807) is 23.9 Å². The lowest BCUT2D eigenvalue weighted by atomic mass is 10.3. The van der Waals surface area contributed by atoms with Gasteiger partial charge >= 0.3 is 6.03 Å². The number of urea groups is 1. The Morgan fingerprint density at radius 3 is 2.70 bits per heavy atom. The van der Waals surface area contributed by atoms with Crippen LogP contribution in [0.25, 0.3) is 0 Å². The Kier molecular flexibility index (Phi) is 5.09. The first-order valence-corrected chi connectivity index (χ1v) is 7.32. The van der Waals surface area contributed by atoms with E-state index in [1.165, 1.54) is 6.26 Å². The van der Waals surface area contributed by atoms with Gasteiger partial charge < -0.3 is 20.2 Å². The van der Waals surface area contributed by atoms with Gasteiger partial charge in [0, 0.05) is 10.6 Å². The van der Waals surface area contributed by atoms with Crippen LogP contribution in [-0.4, -0.2) is 23.9 Å². The van der Waals surface area contributed by atoms with Crippen LogP contribution in [0.1, 0.15) is 11.9 Å². The van der Waals surface area contributed by atoms with Gasteiger partial charge in [-0.25, -0.2) is 4.79 Å². The van der Waals surface area contributed by atoms with Crippen LogP contribution < -0.4 is 10.6 Å². The fourth-order valence-electron chi connectivity index (χ4n) is 1.62. The topological polar surface area (TPSA) is 74.5 Å². The van der Waals surface area contributed by atoms with Crippen LogP contribution in [0.3, 0.4) is 0 Å². The Morgan fingerprint density at radius 2 is 2.10 bits per heavy atom. The van der Waals surface area contributed by atoms with Gasteiger partial charge in [-0.1, -0.05) is 0 Å². The third-order valence-electron chi connectivity index (χ3n) is 2.68. The van der Waals surface area contributed by atoms with Crippen molar-refractivity contribution >= 4 is 23.5 Å². The number of anilines is 1. The third kappa shape index (κ3) is 4.04. The molecular formula is C14H16N2O3S. The monoisotopic (exact) mass is 292 g/mol. The summed E-state index contributed by atoms with van der Waals surface area (Å²) in [5.74, 6) is 0.426. The van der Waals surface area contributed by atoms with Crippen molar-refractivity contribution in [2.45, 2.75) is 11.0 Å². The second-order valence-corrected chi connectivity index (χ2v) is 4.97. The van der Waals surface area contributed by atoms with Gasteiger partial charge in [0.1, 0.15) is 11.9 Å². The van der Waals surface area contributed by atoms with Crippen LogP contribution in [0.2, 0.25) is 0 Å². The summed E-state index contributed by atoms with van der Waals surface area (Å²) in [5.41, 5.74) is 0.702. The molecule has 106 valence electrons. The lowest BCUT2D eigenvalue weighted by molar-refractivity contribution is 0.149. The number of furan rings is 1. The SMILES string of the molecule is CSc1ccc(NC(=O)NCC(O)c2ccco2)cc1. The average Bonchev–Trinajstić information content (AvgIpc) is 3.00. The number of hydrogen-bond donors (Lipinski definition) is 3. The fourth-order valence-corrected chi connectivity index (χ4v) is 2.03. The highest BCUT2D eigenvalue weighted by Crippen LogP contribution is 2.17. The Balaban J connectivity index is 1.80. The minimum atomic E-state index is -0.852. The number of hydrogen-bond acceptors (Lipinski definition) is 4. The summed E-state index contributed by atoms with van der Waals surface area (Å²) in [6, 6.07) is 10.5. The molecule has 0 aliphatic heterocycles. The Hall–Kier alpha value is -1.92. The van der Waals surface area contributed by atoms with Crippen molar-refractivity contribution < 1.29 is 14.3 Å². The van der Waals surface area contributed by atoms with Gasteiger partial charge in [0.15, 0.2) is 0 Å². The molecule has 0 aliphatic carbocycles. The minimum absolute atomic E-state index is 0.0856. The van der Waals surface area contributed by atoms with Gasteiger partial charge in [0.2, 0.25) is 0 Å². The Bertz CT molecular complexity index is 540. The molecule has 0 saturated heterocycles. The minimum Gasteiger partial charge on any atom is -0.467 e. The van der Waals surface area contributed by atoms with Gasteiger partial charge in [-0.05, 0) is 42.7 Å². The lowest BCUT2D eigenvalue weighted by Crippen LogP contribution is -2.32. The summed E-state index contributed by atoms with van der Waals surface area (Å²) in [6.45, 7) is 0.0856. The van der Waals surface area contributed by atoms with E-state index in [1.807, 2.05) is 30.5 Å². The molecular weight excluding hydrogens is 276 g/mol. The van der Waals surface area contributed by atoms with Gasteiger partial charge in [0.05, 0.1) is 12.8 Å². The molecule has 6 heteroatoms. The first kappa shape index (κ1) is 14.5. The van der Waals surface area contributed by atoms with Crippen molar-refractivity contribution in [1.29, 1.82) is 0 Å². The van der Waals surface area contributed by atoms with Crippen molar-refractivity contribution in [3.8, 4) is 0 Å². The summed E-state index contributed by atoms with van der Waals surface area (Å²) in [6.07, 6.45) is 2.62. The molecule has 0 fully saturated rings. The van der Waals surface area contributed by atoms with Crippen molar-refractivity contribution in [3.63, 3.8) is 0 Å². The Morgan fingerprint density at radius 1 is 1.35 bits per heavy atom. The third-order valence-corrected chi connectivity index (χ3v) is 3.42. The maximum atomic E-state index is 11.7. The molecule has 0 radical (unpaired) electrons. The fraction of sp³-hybridized carbons (Fsp3) is 0.214. The predicted octanol–water partition coefficient (Wildman–Crippen LogP) is 2.86. The molecule has 1 heterocycles. The molecule has 2 amide bonds. The Labute approximate surface area is 121 Å². The molecule has 2 rings (SSSR count). The van der Waals surface area contributed by atoms with E-state index in [2.05, 4.69) is 10.6 Å². The van der Waals surface area contributed by atoms with Crippen molar-refractivity contribution in [3.05, 3.63) is 48.4 Å². The number of carbonyl (C=O) groups is 1. The van der Waals surface area contributed by atoms with E-state index in [9.17, 15) is 9.90 Å². The highest BCUT2D eigenvalue weighted by Gasteiger charge is 2.11. The number of amides is 2. The zero-order chi connectivity index (χ0) is 14.4. The maximum absolute atomic E-state index is 11.7. The van der Waals surface area contributed by atoms with Gasteiger partial charge in [-0.15, -0.1) is 11.8 Å². The molecule has 5 nitrogen and oxygen atoms in total. The average molecular weight is 292 g/mol. The van der Waals surface area contributed by atoms with Crippen molar-refractivity contribution in [2.75, 3.05) is 18.1 Å². The zero-order valence-electron chi connectivity index (χ0n) is 11.0. The highest BCUT2D eigenvalue weighted by molar-refractivity contribution is 7.98. The molecule has 0 saturated carbocycles. The standard InChI is InChI=1S/C14H16N2O3S/c1-20-11-6-4-10(5-7-11)16-14(18)15-9-12(17)13-3-2-8-19-13/h2-8,12,17H,9H2,1H3,(H2,15,16,18). The number of benzene rings is 1. The van der Waals surface area contributed by atoms with Crippen LogP contribution in [0, 0.1) is 0 Å². The second kappa shape index (κ2) is 7.02. The van der Waals surface area contributed by atoms with E-state index in [-0.39, 0.29) is 12.6 Å². The summed E-state index contributed by atoms with van der Waals surface area (Å²) < 4.78 is 5.05. The van der Waals surface area contributed by atoms with E-state index in [0.717, 1.165) is 4.90 Å². The van der Waals surface area contributed by atoms with E-state index in [4.69, 9.17) is 4.42 Å². The van der Waals surface area contributed by atoms with Crippen LogP contribution in [-0.2, 0) is 0 Å². The zero-order valence-corrected chi connectivity index (χ0v) is 11.8. The molecule has 3 N–H and O–H groups in total. The van der Waals surface area contributed by atoms with E-state index in [0.29, 0.717) is 11.4 Å². The number of carbonyl (C=O) groups excluding carboxylic acids is 1. The molecule has 1 aromatic heterocycles. The van der Waals surface area contributed by atoms with E-state index < -0.39 is 6.10 Å². The number of rotatable bonds is 5. The number of aliphatic hydroxyl groups is 1. The first-order valence-electron chi connectivity index (χ1n) is 6.09. The summed E-state index contributed by atoms with van der Waals surface area (Å²) in [5, 5.41) is 15.0. The van der Waals surface area contributed by atoms with Crippen LogP contribution in [0.4, 0.5) is 10.5 Å². The first-order chi connectivity index (χ1) is 9.69. The van der Waals surface area contributed by atoms with Gasteiger partial charge in [-0.2, -0.15) is 0 Å². The van der Waals surface area contributed by atoms with Crippen LogP contribution >= 0.6 is 11.8 Å². The molecule has 1 unspecified atom stereocenters.